The minimum Gasteiger partial charge on any atom is -0.206 e. The highest BCUT2D eigenvalue weighted by molar-refractivity contribution is 5.35. The largest absolute Gasteiger partial charge is 0.206 e. The quantitative estimate of drug-likeness (QED) is 0.546. The molecule has 2 aliphatic rings. The number of halogens is 1. The van der Waals surface area contributed by atoms with Gasteiger partial charge in [-0.1, -0.05) is 42.8 Å². The van der Waals surface area contributed by atoms with Crippen LogP contribution in [0.3, 0.4) is 0 Å². The summed E-state index contributed by atoms with van der Waals surface area (Å²) in [4.78, 5) is 0. The van der Waals surface area contributed by atoms with E-state index >= 15 is 0 Å². The van der Waals surface area contributed by atoms with Crippen LogP contribution in [0.4, 0.5) is 4.39 Å². The van der Waals surface area contributed by atoms with E-state index in [1.54, 1.807) is 11.1 Å². The molecule has 2 aromatic carbocycles. The molecule has 0 aromatic heterocycles. The molecule has 0 radical (unpaired) electrons. The molecule has 4 rings (SSSR count). The van der Waals surface area contributed by atoms with E-state index in [4.69, 9.17) is 0 Å². The Morgan fingerprint density at radius 2 is 1.58 bits per heavy atom. The van der Waals surface area contributed by atoms with Crippen LogP contribution in [0.2, 0.25) is 0 Å². The molecule has 0 fully saturated rings. The number of rotatable bonds is 0. The van der Waals surface area contributed by atoms with E-state index < -0.39 is 0 Å². The zero-order chi connectivity index (χ0) is 17.1. The predicted octanol–water partition coefficient (Wildman–Crippen LogP) is 6.13. The van der Waals surface area contributed by atoms with E-state index in [9.17, 15) is 4.39 Å². The third-order valence-corrected chi connectivity index (χ3v) is 5.49. The molecule has 128 valence electrons. The summed E-state index contributed by atoms with van der Waals surface area (Å²) >= 11 is 0. The minimum absolute atomic E-state index is 0.0319. The van der Waals surface area contributed by atoms with Gasteiger partial charge in [0.05, 0.1) is 0 Å². The van der Waals surface area contributed by atoms with Crippen molar-refractivity contribution in [3.8, 4) is 0 Å². The zero-order valence-corrected chi connectivity index (χ0v) is 15.3. The summed E-state index contributed by atoms with van der Waals surface area (Å²) in [6, 6.07) is 10.8. The van der Waals surface area contributed by atoms with Gasteiger partial charge in [-0.2, -0.15) is 0 Å². The van der Waals surface area contributed by atoms with Crippen molar-refractivity contribution in [2.45, 2.75) is 65.7 Å². The van der Waals surface area contributed by atoms with Gasteiger partial charge in [-0.15, -0.1) is 0 Å². The van der Waals surface area contributed by atoms with Crippen molar-refractivity contribution >= 4 is 0 Å². The van der Waals surface area contributed by atoms with Crippen LogP contribution in [0.5, 0.6) is 0 Å². The van der Waals surface area contributed by atoms with Gasteiger partial charge in [-0.25, -0.2) is 4.39 Å². The predicted molar refractivity (Wildman–Crippen MR) is 100 cm³/mol. The summed E-state index contributed by atoms with van der Waals surface area (Å²) in [7, 11) is 0. The molecule has 0 saturated carbocycles. The Morgan fingerprint density at radius 1 is 0.875 bits per heavy atom. The van der Waals surface area contributed by atoms with Crippen LogP contribution in [0.25, 0.3) is 0 Å². The number of hydrogen-bond acceptors (Lipinski definition) is 0. The lowest BCUT2D eigenvalue weighted by molar-refractivity contribution is 0.480. The van der Waals surface area contributed by atoms with E-state index in [1.807, 2.05) is 13.0 Å². The zero-order valence-electron chi connectivity index (χ0n) is 15.3. The van der Waals surface area contributed by atoms with Crippen LogP contribution in [0.15, 0.2) is 30.3 Å². The number of benzene rings is 2. The number of aryl methyl sites for hydroxylation is 4. The molecular weight excluding hydrogens is 295 g/mol. The molecule has 1 unspecified atom stereocenters. The van der Waals surface area contributed by atoms with Gasteiger partial charge >= 0.3 is 0 Å². The fourth-order valence-corrected chi connectivity index (χ4v) is 3.97. The normalized spacial score (nSPS) is 18.9. The molecular formula is C23H29F. The molecule has 0 aliphatic heterocycles. The maximum absolute atomic E-state index is 13.6. The molecule has 0 saturated heterocycles. The summed E-state index contributed by atoms with van der Waals surface area (Å²) in [6.07, 6.45) is 8.48. The first-order chi connectivity index (χ1) is 11.5. The molecule has 1 atom stereocenters. The lowest BCUT2D eigenvalue weighted by Gasteiger charge is -2.22. The summed E-state index contributed by atoms with van der Waals surface area (Å²) in [5.41, 5.74) is 7.57. The molecule has 1 heteroatoms. The Bertz CT molecular complexity index is 714. The average Bonchev–Trinajstić information content (AvgIpc) is 2.59. The van der Waals surface area contributed by atoms with Gasteiger partial charge in [0.15, 0.2) is 0 Å². The Kier molecular flexibility index (Phi) is 5.38. The Balaban J connectivity index is 0.000000143. The summed E-state index contributed by atoms with van der Waals surface area (Å²) in [6.45, 7) is 6.25. The first-order valence-electron chi connectivity index (χ1n) is 9.40. The van der Waals surface area contributed by atoms with Gasteiger partial charge in [-0.05, 0) is 92.5 Å². The van der Waals surface area contributed by atoms with Gasteiger partial charge in [0, 0.05) is 0 Å². The molecule has 0 N–H and O–H groups in total. The summed E-state index contributed by atoms with van der Waals surface area (Å²) < 4.78 is 13.6. The van der Waals surface area contributed by atoms with Crippen molar-refractivity contribution in [1.82, 2.24) is 0 Å². The number of hydrogen-bond donors (Lipinski definition) is 0. The monoisotopic (exact) mass is 324 g/mol. The Hall–Kier alpha value is -1.63. The molecule has 0 nitrogen and oxygen atoms in total. The second kappa shape index (κ2) is 7.51. The third-order valence-electron chi connectivity index (χ3n) is 5.49. The highest BCUT2D eigenvalue weighted by Crippen LogP contribution is 2.28. The smallest absolute Gasteiger partial charge is 0.129 e. The second-order valence-electron chi connectivity index (χ2n) is 7.66. The lowest BCUT2D eigenvalue weighted by Crippen LogP contribution is -2.13. The van der Waals surface area contributed by atoms with Crippen molar-refractivity contribution in [1.29, 1.82) is 0 Å². The van der Waals surface area contributed by atoms with E-state index in [-0.39, 0.29) is 5.82 Å². The van der Waals surface area contributed by atoms with E-state index in [0.717, 1.165) is 36.3 Å². The molecule has 0 amide bonds. The van der Waals surface area contributed by atoms with Gasteiger partial charge in [-0.3, -0.25) is 0 Å². The lowest BCUT2D eigenvalue weighted by atomic mass is 9.84. The molecule has 24 heavy (non-hydrogen) atoms. The molecule has 0 spiro atoms. The summed E-state index contributed by atoms with van der Waals surface area (Å²) in [5.74, 6) is 0.749. The van der Waals surface area contributed by atoms with Crippen LogP contribution in [0, 0.1) is 25.6 Å². The van der Waals surface area contributed by atoms with Gasteiger partial charge in [0.2, 0.25) is 0 Å². The van der Waals surface area contributed by atoms with Crippen LogP contribution in [-0.2, 0) is 25.7 Å². The van der Waals surface area contributed by atoms with E-state index in [2.05, 4.69) is 38.1 Å². The topological polar surface area (TPSA) is 0 Å². The molecule has 0 heterocycles. The van der Waals surface area contributed by atoms with Crippen molar-refractivity contribution in [3.63, 3.8) is 0 Å². The van der Waals surface area contributed by atoms with Crippen molar-refractivity contribution in [2.75, 3.05) is 0 Å². The molecule has 2 aromatic rings. The van der Waals surface area contributed by atoms with Gasteiger partial charge in [0.25, 0.3) is 0 Å². The second-order valence-corrected chi connectivity index (χ2v) is 7.66. The van der Waals surface area contributed by atoms with E-state index in [0.29, 0.717) is 0 Å². The number of fused-ring (bicyclic) bond motifs is 2. The standard InChI is InChI=1S/C12H15F.C11H14/c1-8-3-6-11-10(7-8)5-4-9(2)12(11)13;1-9-6-7-10-4-2-3-5-11(10)8-9/h4-5,8H,3,6-7H2,1-2H3;6-8H,2-5H2,1H3. The first-order valence-corrected chi connectivity index (χ1v) is 9.40. The summed E-state index contributed by atoms with van der Waals surface area (Å²) in [5, 5.41) is 0. The SMILES string of the molecule is Cc1ccc2c(c1)CCCC2.Cc1ccc2c(c1F)CCC(C)C2. The highest BCUT2D eigenvalue weighted by Gasteiger charge is 2.18. The Labute approximate surface area is 146 Å². The van der Waals surface area contributed by atoms with Gasteiger partial charge < -0.3 is 0 Å². The average molecular weight is 324 g/mol. The van der Waals surface area contributed by atoms with Crippen LogP contribution in [0.1, 0.15) is 59.6 Å². The highest BCUT2D eigenvalue weighted by atomic mass is 19.1. The fourth-order valence-electron chi connectivity index (χ4n) is 3.97. The molecule has 0 bridgehead atoms. The van der Waals surface area contributed by atoms with E-state index in [1.165, 1.54) is 36.8 Å². The van der Waals surface area contributed by atoms with Crippen LogP contribution >= 0.6 is 0 Å². The third kappa shape index (κ3) is 3.88. The Morgan fingerprint density at radius 3 is 2.38 bits per heavy atom. The fraction of sp³-hybridized carbons (Fsp3) is 0.478. The van der Waals surface area contributed by atoms with Crippen LogP contribution < -0.4 is 0 Å². The maximum Gasteiger partial charge on any atom is 0.129 e. The van der Waals surface area contributed by atoms with Crippen molar-refractivity contribution < 1.29 is 4.39 Å². The minimum atomic E-state index is 0.0319. The van der Waals surface area contributed by atoms with Crippen molar-refractivity contribution in [3.05, 3.63) is 69.5 Å². The molecule has 2 aliphatic carbocycles. The van der Waals surface area contributed by atoms with Crippen molar-refractivity contribution in [2.24, 2.45) is 5.92 Å². The van der Waals surface area contributed by atoms with Crippen LogP contribution in [-0.4, -0.2) is 0 Å². The van der Waals surface area contributed by atoms with Gasteiger partial charge in [0.1, 0.15) is 5.82 Å². The maximum atomic E-state index is 13.6. The first kappa shape index (κ1) is 17.2.